The van der Waals surface area contributed by atoms with Gasteiger partial charge in [0.1, 0.15) is 5.60 Å². The van der Waals surface area contributed by atoms with Gasteiger partial charge in [-0.15, -0.1) is 0 Å². The molecule has 0 aromatic heterocycles. The molecule has 0 radical (unpaired) electrons. The minimum absolute atomic E-state index is 0.235. The average Bonchev–Trinajstić information content (AvgIpc) is 2.35. The second-order valence-corrected chi connectivity index (χ2v) is 6.90. The average molecular weight is 267 g/mol. The molecule has 0 unspecified atom stereocenters. The molecule has 0 aromatic carbocycles. The fourth-order valence-corrected chi connectivity index (χ4v) is 3.33. The van der Waals surface area contributed by atoms with Crippen molar-refractivity contribution < 1.29 is 9.90 Å². The van der Waals surface area contributed by atoms with E-state index in [0.717, 1.165) is 12.3 Å². The lowest BCUT2D eigenvalue weighted by Gasteiger charge is -2.49. The van der Waals surface area contributed by atoms with Gasteiger partial charge in [0.25, 0.3) is 0 Å². The summed E-state index contributed by atoms with van der Waals surface area (Å²) in [6.45, 7) is 5.11. The second-order valence-electron chi connectivity index (χ2n) is 6.90. The standard InChI is InChI=1S/C16H29NO2/c1-13(2)16(19)11-17(12-16)15(18)10-6-9-14-7-4-3-5-8-14/h13-14,19H,3-12H2,1-2H3. The molecular formula is C16H29NO2. The van der Waals surface area contributed by atoms with Crippen LogP contribution in [0.2, 0.25) is 0 Å². The van der Waals surface area contributed by atoms with Crippen LogP contribution in [0.4, 0.5) is 0 Å². The Bertz CT molecular complexity index is 302. The fraction of sp³-hybridized carbons (Fsp3) is 0.938. The smallest absolute Gasteiger partial charge is 0.222 e. The second kappa shape index (κ2) is 6.25. The molecule has 2 rings (SSSR count). The molecule has 0 spiro atoms. The molecule has 1 saturated carbocycles. The van der Waals surface area contributed by atoms with Gasteiger partial charge < -0.3 is 10.0 Å². The fourth-order valence-electron chi connectivity index (χ4n) is 3.33. The van der Waals surface area contributed by atoms with Crippen molar-refractivity contribution in [3.63, 3.8) is 0 Å². The normalized spacial score (nSPS) is 23.5. The summed E-state index contributed by atoms with van der Waals surface area (Å²) in [6.07, 6.45) is 9.81. The van der Waals surface area contributed by atoms with Crippen LogP contribution in [0.5, 0.6) is 0 Å². The highest BCUT2D eigenvalue weighted by atomic mass is 16.3. The Hall–Kier alpha value is -0.570. The van der Waals surface area contributed by atoms with Crippen molar-refractivity contribution in [1.29, 1.82) is 0 Å². The van der Waals surface area contributed by atoms with Gasteiger partial charge in [0.2, 0.25) is 5.91 Å². The van der Waals surface area contributed by atoms with Crippen LogP contribution in [0.15, 0.2) is 0 Å². The molecule has 1 aliphatic carbocycles. The summed E-state index contributed by atoms with van der Waals surface area (Å²) in [5, 5.41) is 10.1. The Morgan fingerprint density at radius 1 is 1.26 bits per heavy atom. The number of likely N-dealkylation sites (tertiary alicyclic amines) is 1. The Morgan fingerprint density at radius 3 is 2.47 bits per heavy atom. The molecule has 1 amide bonds. The highest BCUT2D eigenvalue weighted by Crippen LogP contribution is 2.30. The molecule has 0 atom stereocenters. The predicted octanol–water partition coefficient (Wildman–Crippen LogP) is 2.97. The summed E-state index contributed by atoms with van der Waals surface area (Å²) >= 11 is 0. The van der Waals surface area contributed by atoms with Gasteiger partial charge in [-0.05, 0) is 24.7 Å². The van der Waals surface area contributed by atoms with Gasteiger partial charge in [0, 0.05) is 6.42 Å². The van der Waals surface area contributed by atoms with Crippen molar-refractivity contribution in [1.82, 2.24) is 4.90 Å². The number of carbonyl (C=O) groups is 1. The first-order valence-corrected chi connectivity index (χ1v) is 8.01. The zero-order valence-corrected chi connectivity index (χ0v) is 12.5. The SMILES string of the molecule is CC(C)C1(O)CN(C(=O)CCCC2CCCCC2)C1. The summed E-state index contributed by atoms with van der Waals surface area (Å²) in [4.78, 5) is 13.8. The lowest BCUT2D eigenvalue weighted by Crippen LogP contribution is -2.65. The van der Waals surface area contributed by atoms with Crippen LogP contribution in [-0.4, -0.2) is 34.6 Å². The van der Waals surface area contributed by atoms with E-state index in [1.807, 2.05) is 18.7 Å². The Kier molecular flexibility index (Phi) is 4.88. The number of hydrogen-bond acceptors (Lipinski definition) is 2. The Balaban J connectivity index is 1.61. The van der Waals surface area contributed by atoms with Crippen molar-refractivity contribution in [2.75, 3.05) is 13.1 Å². The van der Waals surface area contributed by atoms with Crippen LogP contribution in [-0.2, 0) is 4.79 Å². The maximum Gasteiger partial charge on any atom is 0.222 e. The molecule has 0 aromatic rings. The lowest BCUT2D eigenvalue weighted by molar-refractivity contribution is -0.163. The maximum absolute atomic E-state index is 12.0. The van der Waals surface area contributed by atoms with Gasteiger partial charge in [-0.1, -0.05) is 46.0 Å². The zero-order valence-electron chi connectivity index (χ0n) is 12.5. The Morgan fingerprint density at radius 2 is 1.89 bits per heavy atom. The zero-order chi connectivity index (χ0) is 13.9. The van der Waals surface area contributed by atoms with Crippen LogP contribution < -0.4 is 0 Å². The monoisotopic (exact) mass is 267 g/mol. The van der Waals surface area contributed by atoms with E-state index in [1.54, 1.807) is 0 Å². The van der Waals surface area contributed by atoms with Gasteiger partial charge in [0.05, 0.1) is 13.1 Å². The summed E-state index contributed by atoms with van der Waals surface area (Å²) < 4.78 is 0. The lowest BCUT2D eigenvalue weighted by atomic mass is 9.82. The quantitative estimate of drug-likeness (QED) is 0.832. The topological polar surface area (TPSA) is 40.5 Å². The first kappa shape index (κ1) is 14.8. The molecule has 3 nitrogen and oxygen atoms in total. The van der Waals surface area contributed by atoms with Crippen molar-refractivity contribution in [3.05, 3.63) is 0 Å². The van der Waals surface area contributed by atoms with E-state index in [4.69, 9.17) is 0 Å². The number of aliphatic hydroxyl groups is 1. The van der Waals surface area contributed by atoms with E-state index in [2.05, 4.69) is 0 Å². The minimum Gasteiger partial charge on any atom is -0.386 e. The molecule has 1 saturated heterocycles. The summed E-state index contributed by atoms with van der Waals surface area (Å²) in [6, 6.07) is 0. The van der Waals surface area contributed by atoms with Crippen molar-refractivity contribution in [2.24, 2.45) is 11.8 Å². The molecule has 1 aliphatic heterocycles. The number of rotatable bonds is 5. The van der Waals surface area contributed by atoms with Crippen LogP contribution in [0.25, 0.3) is 0 Å². The molecule has 1 heterocycles. The number of amides is 1. The van der Waals surface area contributed by atoms with Gasteiger partial charge in [-0.2, -0.15) is 0 Å². The van der Waals surface area contributed by atoms with Crippen LogP contribution in [0.1, 0.15) is 65.2 Å². The molecule has 3 heteroatoms. The highest BCUT2D eigenvalue weighted by molar-refractivity contribution is 5.77. The molecule has 1 N–H and O–H groups in total. The molecule has 110 valence electrons. The largest absolute Gasteiger partial charge is 0.386 e. The molecule has 0 bridgehead atoms. The minimum atomic E-state index is -0.626. The number of β-amino-alcohol motifs (C(OH)–C–C–N with tert-alkyl or cyclic N) is 1. The molecule has 19 heavy (non-hydrogen) atoms. The summed E-state index contributed by atoms with van der Waals surface area (Å²) in [7, 11) is 0. The van der Waals surface area contributed by atoms with Gasteiger partial charge in [0.15, 0.2) is 0 Å². The molecule has 2 fully saturated rings. The van der Waals surface area contributed by atoms with Crippen molar-refractivity contribution >= 4 is 5.91 Å². The summed E-state index contributed by atoms with van der Waals surface area (Å²) in [5.41, 5.74) is -0.626. The third-order valence-electron chi connectivity index (χ3n) is 5.08. The van der Waals surface area contributed by atoms with Gasteiger partial charge in [-0.25, -0.2) is 0 Å². The number of hydrogen-bond donors (Lipinski definition) is 1. The first-order chi connectivity index (χ1) is 9.01. The van der Waals surface area contributed by atoms with E-state index < -0.39 is 5.60 Å². The molecular weight excluding hydrogens is 238 g/mol. The Labute approximate surface area is 117 Å². The van der Waals surface area contributed by atoms with Crippen LogP contribution in [0.3, 0.4) is 0 Å². The maximum atomic E-state index is 12.0. The van der Waals surface area contributed by atoms with Crippen LogP contribution >= 0.6 is 0 Å². The highest BCUT2D eigenvalue weighted by Gasteiger charge is 2.45. The van der Waals surface area contributed by atoms with Crippen LogP contribution in [0, 0.1) is 11.8 Å². The first-order valence-electron chi connectivity index (χ1n) is 8.01. The van der Waals surface area contributed by atoms with E-state index >= 15 is 0 Å². The van der Waals surface area contributed by atoms with Gasteiger partial charge >= 0.3 is 0 Å². The third-order valence-corrected chi connectivity index (χ3v) is 5.08. The van der Waals surface area contributed by atoms with Gasteiger partial charge in [-0.3, -0.25) is 4.79 Å². The molecule has 2 aliphatic rings. The number of nitrogens with zero attached hydrogens (tertiary/aromatic N) is 1. The van der Waals surface area contributed by atoms with E-state index in [0.29, 0.717) is 19.5 Å². The summed E-state index contributed by atoms with van der Waals surface area (Å²) in [5.74, 6) is 1.34. The van der Waals surface area contributed by atoms with Crippen molar-refractivity contribution in [2.45, 2.75) is 70.8 Å². The number of carbonyl (C=O) groups excluding carboxylic acids is 1. The third kappa shape index (κ3) is 3.71. The van der Waals surface area contributed by atoms with E-state index in [9.17, 15) is 9.90 Å². The predicted molar refractivity (Wildman–Crippen MR) is 76.8 cm³/mol. The van der Waals surface area contributed by atoms with E-state index in [1.165, 1.54) is 38.5 Å². The van der Waals surface area contributed by atoms with Crippen molar-refractivity contribution in [3.8, 4) is 0 Å². The van der Waals surface area contributed by atoms with E-state index in [-0.39, 0.29) is 11.8 Å².